The molecule has 0 aromatic heterocycles. The minimum absolute atomic E-state index is 0.000225. The van der Waals surface area contributed by atoms with Gasteiger partial charge in [0.25, 0.3) is 10.0 Å². The lowest BCUT2D eigenvalue weighted by atomic mass is 10.1. The average Bonchev–Trinajstić information content (AvgIpc) is 2.93. The molecule has 1 N–H and O–H groups in total. The van der Waals surface area contributed by atoms with E-state index in [9.17, 15) is 18.0 Å². The number of nitrogens with one attached hydrogen (secondary N) is 1. The van der Waals surface area contributed by atoms with Crippen LogP contribution in [0.1, 0.15) is 43.4 Å². The molecule has 0 bridgehead atoms. The molecule has 3 rings (SSSR count). The fourth-order valence-corrected chi connectivity index (χ4v) is 6.06. The molecule has 7 nitrogen and oxygen atoms in total. The smallest absolute Gasteiger partial charge is 0.264 e. The van der Waals surface area contributed by atoms with E-state index in [0.717, 1.165) is 27.4 Å². The number of hydrogen-bond acceptors (Lipinski definition) is 4. The third kappa shape index (κ3) is 7.77. The van der Waals surface area contributed by atoms with Crippen molar-refractivity contribution in [3.63, 3.8) is 0 Å². The zero-order chi connectivity index (χ0) is 29.4. The van der Waals surface area contributed by atoms with Crippen molar-refractivity contribution in [2.24, 2.45) is 0 Å². The van der Waals surface area contributed by atoms with E-state index < -0.39 is 28.5 Å². The van der Waals surface area contributed by atoms with Crippen LogP contribution in [-0.4, -0.2) is 44.3 Å². The summed E-state index contributed by atoms with van der Waals surface area (Å²) in [6, 6.07) is 17.6. The zero-order valence-corrected chi connectivity index (χ0v) is 25.5. The molecular formula is C30H35Cl2N3O4S. The van der Waals surface area contributed by atoms with Gasteiger partial charge in [-0.3, -0.25) is 13.9 Å². The summed E-state index contributed by atoms with van der Waals surface area (Å²) in [6.07, 6.45) is 1.08. The summed E-state index contributed by atoms with van der Waals surface area (Å²) in [7, 11) is -4.24. The Balaban J connectivity index is 2.09. The van der Waals surface area contributed by atoms with E-state index in [1.54, 1.807) is 18.2 Å². The van der Waals surface area contributed by atoms with Gasteiger partial charge in [0.1, 0.15) is 12.6 Å². The lowest BCUT2D eigenvalue weighted by Gasteiger charge is -2.33. The first-order valence-electron chi connectivity index (χ1n) is 13.1. The Morgan fingerprint density at radius 3 is 2.08 bits per heavy atom. The van der Waals surface area contributed by atoms with Gasteiger partial charge in [0.05, 0.1) is 15.6 Å². The monoisotopic (exact) mass is 603 g/mol. The van der Waals surface area contributed by atoms with Crippen molar-refractivity contribution in [2.75, 3.05) is 17.4 Å². The first-order valence-corrected chi connectivity index (χ1v) is 15.3. The number of nitrogens with zero attached hydrogens (tertiary/aromatic N) is 2. The van der Waals surface area contributed by atoms with E-state index in [1.165, 1.54) is 29.2 Å². The Morgan fingerprint density at radius 2 is 1.50 bits per heavy atom. The second-order valence-electron chi connectivity index (χ2n) is 9.64. The number of hydrogen-bond donors (Lipinski definition) is 1. The van der Waals surface area contributed by atoms with Gasteiger partial charge in [0, 0.05) is 18.1 Å². The molecule has 10 heteroatoms. The lowest BCUT2D eigenvalue weighted by Crippen LogP contribution is -2.52. The van der Waals surface area contributed by atoms with E-state index >= 15 is 0 Å². The molecule has 0 saturated carbocycles. The van der Waals surface area contributed by atoms with E-state index in [4.69, 9.17) is 23.2 Å². The van der Waals surface area contributed by atoms with Gasteiger partial charge < -0.3 is 10.2 Å². The van der Waals surface area contributed by atoms with Crippen LogP contribution in [0.15, 0.2) is 71.6 Å². The zero-order valence-electron chi connectivity index (χ0n) is 23.2. The van der Waals surface area contributed by atoms with Gasteiger partial charge in [-0.25, -0.2) is 8.42 Å². The second-order valence-corrected chi connectivity index (χ2v) is 12.3. The summed E-state index contributed by atoms with van der Waals surface area (Å²) >= 11 is 12.7. The van der Waals surface area contributed by atoms with Crippen LogP contribution in [-0.2, 0) is 26.2 Å². The average molecular weight is 605 g/mol. The predicted octanol–water partition coefficient (Wildman–Crippen LogP) is 6.14. The standard InChI is InChI=1S/C30H35Cl2N3O4S/c1-5-17-33-30(37)27(6-2)34(19-23-11-7-21(3)8-12-23)29(36)20-35(28-18-24(31)13-16-26(28)32)40(38,39)25-14-9-22(4)10-15-25/h7-16,18,27H,5-6,17,19-20H2,1-4H3,(H,33,37)/t27-/m0/s1. The molecule has 0 aliphatic rings. The molecule has 2 amide bonds. The molecule has 1 atom stereocenters. The van der Waals surface area contributed by atoms with Crippen LogP contribution in [0.4, 0.5) is 5.69 Å². The molecule has 0 spiro atoms. The largest absolute Gasteiger partial charge is 0.354 e. The van der Waals surface area contributed by atoms with Gasteiger partial charge in [0.15, 0.2) is 0 Å². The van der Waals surface area contributed by atoms with Crippen LogP contribution in [0.25, 0.3) is 0 Å². The third-order valence-electron chi connectivity index (χ3n) is 6.47. The van der Waals surface area contributed by atoms with Crippen LogP contribution in [0, 0.1) is 13.8 Å². The van der Waals surface area contributed by atoms with Gasteiger partial charge in [-0.2, -0.15) is 0 Å². The molecule has 0 aliphatic carbocycles. The van der Waals surface area contributed by atoms with E-state index in [1.807, 2.05) is 52.0 Å². The van der Waals surface area contributed by atoms with E-state index in [2.05, 4.69) is 5.32 Å². The minimum Gasteiger partial charge on any atom is -0.354 e. The predicted molar refractivity (Wildman–Crippen MR) is 161 cm³/mol. The van der Waals surface area contributed by atoms with Crippen molar-refractivity contribution in [3.05, 3.63) is 93.5 Å². The summed E-state index contributed by atoms with van der Waals surface area (Å²) in [6.45, 7) is 7.58. The van der Waals surface area contributed by atoms with Crippen LogP contribution in [0.5, 0.6) is 0 Å². The number of anilines is 1. The molecule has 0 saturated heterocycles. The first-order chi connectivity index (χ1) is 19.0. The fraction of sp³-hybridized carbons (Fsp3) is 0.333. The van der Waals surface area contributed by atoms with Crippen molar-refractivity contribution in [1.29, 1.82) is 0 Å². The summed E-state index contributed by atoms with van der Waals surface area (Å²) in [5.74, 6) is -0.843. The number of halogens is 2. The quantitative estimate of drug-likeness (QED) is 0.269. The van der Waals surface area contributed by atoms with Gasteiger partial charge in [-0.05, 0) is 62.6 Å². The van der Waals surface area contributed by atoms with Crippen molar-refractivity contribution in [1.82, 2.24) is 10.2 Å². The number of amides is 2. The maximum absolute atomic E-state index is 14.1. The molecule has 3 aromatic carbocycles. The molecule has 0 heterocycles. The lowest BCUT2D eigenvalue weighted by molar-refractivity contribution is -0.140. The maximum Gasteiger partial charge on any atom is 0.264 e. The molecule has 0 radical (unpaired) electrons. The van der Waals surface area contributed by atoms with Crippen molar-refractivity contribution in [2.45, 2.75) is 58.0 Å². The van der Waals surface area contributed by atoms with Crippen LogP contribution < -0.4 is 9.62 Å². The number of carbonyl (C=O) groups excluding carboxylic acids is 2. The summed E-state index contributed by atoms with van der Waals surface area (Å²) in [4.78, 5) is 28.7. The van der Waals surface area contributed by atoms with Gasteiger partial charge in [-0.15, -0.1) is 0 Å². The molecule has 3 aromatic rings. The maximum atomic E-state index is 14.1. The molecule has 214 valence electrons. The molecule has 40 heavy (non-hydrogen) atoms. The molecule has 0 aliphatic heterocycles. The van der Waals surface area contributed by atoms with Crippen molar-refractivity contribution in [3.8, 4) is 0 Å². The summed E-state index contributed by atoms with van der Waals surface area (Å²) < 4.78 is 28.9. The summed E-state index contributed by atoms with van der Waals surface area (Å²) in [5.41, 5.74) is 2.83. The Labute approximate surface area is 247 Å². The SMILES string of the molecule is CCCNC(=O)[C@H](CC)N(Cc1ccc(C)cc1)C(=O)CN(c1cc(Cl)ccc1Cl)S(=O)(=O)c1ccc(C)cc1. The fourth-order valence-electron chi connectivity index (χ4n) is 4.20. The van der Waals surface area contributed by atoms with Crippen LogP contribution >= 0.6 is 23.2 Å². The van der Waals surface area contributed by atoms with Crippen LogP contribution in [0.3, 0.4) is 0 Å². The van der Waals surface area contributed by atoms with E-state index in [-0.39, 0.29) is 33.1 Å². The Kier molecular flexibility index (Phi) is 11.0. The molecule has 0 fully saturated rings. The number of aryl methyl sites for hydroxylation is 2. The highest BCUT2D eigenvalue weighted by Crippen LogP contribution is 2.33. The third-order valence-corrected chi connectivity index (χ3v) is 8.80. The van der Waals surface area contributed by atoms with E-state index in [0.29, 0.717) is 13.0 Å². The highest BCUT2D eigenvalue weighted by atomic mass is 35.5. The Bertz CT molecular complexity index is 1430. The van der Waals surface area contributed by atoms with Crippen LogP contribution in [0.2, 0.25) is 10.0 Å². The normalized spacial score (nSPS) is 12.1. The summed E-state index contributed by atoms with van der Waals surface area (Å²) in [5, 5.41) is 3.25. The van der Waals surface area contributed by atoms with Gasteiger partial charge in [0.2, 0.25) is 11.8 Å². The Hall–Kier alpha value is -3.07. The number of sulfonamides is 1. The first kappa shape index (κ1) is 31.5. The van der Waals surface area contributed by atoms with Gasteiger partial charge >= 0.3 is 0 Å². The van der Waals surface area contributed by atoms with Gasteiger partial charge in [-0.1, -0.05) is 84.6 Å². The number of benzene rings is 3. The second kappa shape index (κ2) is 14.0. The van der Waals surface area contributed by atoms with Crippen molar-refractivity contribution >= 4 is 50.7 Å². The topological polar surface area (TPSA) is 86.8 Å². The van der Waals surface area contributed by atoms with Crippen molar-refractivity contribution < 1.29 is 18.0 Å². The highest BCUT2D eigenvalue weighted by molar-refractivity contribution is 7.92. The highest BCUT2D eigenvalue weighted by Gasteiger charge is 2.34. The Morgan fingerprint density at radius 1 is 0.900 bits per heavy atom. The molecule has 0 unspecified atom stereocenters. The molecular weight excluding hydrogens is 569 g/mol. The minimum atomic E-state index is -4.24. The number of rotatable bonds is 12. The number of carbonyl (C=O) groups is 2.